The molecule has 0 aromatic carbocycles. The Bertz CT molecular complexity index is 557. The van der Waals surface area contributed by atoms with Gasteiger partial charge in [-0.2, -0.15) is 5.10 Å². The maximum Gasteiger partial charge on any atom is 0.274 e. The van der Waals surface area contributed by atoms with E-state index in [1.54, 1.807) is 4.90 Å². The van der Waals surface area contributed by atoms with Gasteiger partial charge in [0.05, 0.1) is 25.4 Å². The van der Waals surface area contributed by atoms with Crippen LogP contribution in [0.4, 0.5) is 0 Å². The van der Waals surface area contributed by atoms with Gasteiger partial charge in [0.1, 0.15) is 5.69 Å². The summed E-state index contributed by atoms with van der Waals surface area (Å²) in [4.78, 5) is 25.8. The summed E-state index contributed by atoms with van der Waals surface area (Å²) in [5.74, 6) is -0.242. The van der Waals surface area contributed by atoms with Crippen molar-refractivity contribution in [3.05, 3.63) is 28.2 Å². The Morgan fingerprint density at radius 1 is 1.52 bits per heavy atom. The molecule has 2 atom stereocenters. The fourth-order valence-electron chi connectivity index (χ4n) is 2.29. The van der Waals surface area contributed by atoms with Crippen molar-refractivity contribution in [1.82, 2.24) is 14.7 Å². The van der Waals surface area contributed by atoms with Gasteiger partial charge in [-0.1, -0.05) is 6.92 Å². The van der Waals surface area contributed by atoms with E-state index in [1.807, 2.05) is 13.8 Å². The number of carbonyl (C=O) groups excluding carboxylic acids is 1. The lowest BCUT2D eigenvalue weighted by Crippen LogP contribution is -2.52. The van der Waals surface area contributed by atoms with Crippen LogP contribution in [0.2, 0.25) is 0 Å². The normalized spacial score (nSPS) is 22.3. The van der Waals surface area contributed by atoms with Gasteiger partial charge in [-0.15, -0.1) is 0 Å². The van der Waals surface area contributed by atoms with E-state index in [2.05, 4.69) is 5.10 Å². The van der Waals surface area contributed by atoms with Crippen LogP contribution in [0.15, 0.2) is 16.9 Å². The minimum Gasteiger partial charge on any atom is -0.394 e. The van der Waals surface area contributed by atoms with Crippen molar-refractivity contribution >= 4 is 5.91 Å². The first kappa shape index (κ1) is 15.7. The largest absolute Gasteiger partial charge is 0.394 e. The van der Waals surface area contributed by atoms with Crippen molar-refractivity contribution in [2.75, 3.05) is 19.8 Å². The number of aryl methyl sites for hydroxylation is 1. The predicted octanol–water partition coefficient (Wildman–Crippen LogP) is -0.125. The van der Waals surface area contributed by atoms with Gasteiger partial charge in [0.15, 0.2) is 0 Å². The van der Waals surface area contributed by atoms with Crippen LogP contribution in [0.5, 0.6) is 0 Å². The number of amides is 1. The molecule has 116 valence electrons. The third-order valence-corrected chi connectivity index (χ3v) is 3.49. The summed E-state index contributed by atoms with van der Waals surface area (Å²) in [6.07, 6.45) is 0.400. The number of aliphatic hydroxyl groups is 1. The summed E-state index contributed by atoms with van der Waals surface area (Å²) in [6, 6.07) is 2.73. The average Bonchev–Trinajstić information content (AvgIpc) is 2.49. The minimum absolute atomic E-state index is 0.0892. The third kappa shape index (κ3) is 3.48. The Balaban J connectivity index is 2.22. The molecule has 1 fully saturated rings. The highest BCUT2D eigenvalue weighted by Gasteiger charge is 2.30. The van der Waals surface area contributed by atoms with Gasteiger partial charge in [0.2, 0.25) is 0 Å². The highest BCUT2D eigenvalue weighted by molar-refractivity contribution is 5.92. The second kappa shape index (κ2) is 6.82. The SMILES string of the molecule is CCCn1nc(C(=O)N2CC(CO)OCC2C)ccc1=O. The van der Waals surface area contributed by atoms with Crippen LogP contribution >= 0.6 is 0 Å². The van der Waals surface area contributed by atoms with Crippen molar-refractivity contribution in [2.45, 2.75) is 39.0 Å². The molecule has 21 heavy (non-hydrogen) atoms. The standard InChI is InChI=1S/C14H21N3O4/c1-3-6-17-13(19)5-4-12(15-17)14(20)16-7-11(8-18)21-9-10(16)2/h4-5,10-11,18H,3,6-9H2,1-2H3. The summed E-state index contributed by atoms with van der Waals surface area (Å²) >= 11 is 0. The maximum atomic E-state index is 12.6. The van der Waals surface area contributed by atoms with E-state index in [-0.39, 0.29) is 35.9 Å². The summed E-state index contributed by atoms with van der Waals surface area (Å²) < 4.78 is 6.72. The van der Waals surface area contributed by atoms with E-state index in [4.69, 9.17) is 4.74 Å². The monoisotopic (exact) mass is 295 g/mol. The second-order valence-electron chi connectivity index (χ2n) is 5.22. The molecule has 2 unspecified atom stereocenters. The number of ether oxygens (including phenoxy) is 1. The fourth-order valence-corrected chi connectivity index (χ4v) is 2.29. The molecule has 0 spiro atoms. The highest BCUT2D eigenvalue weighted by atomic mass is 16.5. The van der Waals surface area contributed by atoms with E-state index in [9.17, 15) is 14.7 Å². The summed E-state index contributed by atoms with van der Waals surface area (Å²) in [5, 5.41) is 13.3. The molecule has 1 N–H and O–H groups in total. The van der Waals surface area contributed by atoms with Crippen LogP contribution in [-0.2, 0) is 11.3 Å². The molecule has 0 bridgehead atoms. The number of nitrogens with zero attached hydrogens (tertiary/aromatic N) is 3. The number of rotatable bonds is 4. The predicted molar refractivity (Wildman–Crippen MR) is 76.1 cm³/mol. The molecule has 1 aromatic heterocycles. The molecule has 7 heteroatoms. The third-order valence-electron chi connectivity index (χ3n) is 3.49. The summed E-state index contributed by atoms with van der Waals surface area (Å²) in [6.45, 7) is 4.89. The lowest BCUT2D eigenvalue weighted by atomic mass is 10.2. The van der Waals surface area contributed by atoms with Crippen LogP contribution < -0.4 is 5.56 Å². The van der Waals surface area contributed by atoms with E-state index >= 15 is 0 Å². The number of aromatic nitrogens is 2. The van der Waals surface area contributed by atoms with Crippen LogP contribution in [0, 0.1) is 0 Å². The van der Waals surface area contributed by atoms with Crippen LogP contribution in [-0.4, -0.2) is 57.6 Å². The highest BCUT2D eigenvalue weighted by Crippen LogP contribution is 2.14. The lowest BCUT2D eigenvalue weighted by molar-refractivity contribution is -0.0669. The molecular formula is C14H21N3O4. The molecule has 0 radical (unpaired) electrons. The van der Waals surface area contributed by atoms with Crippen molar-refractivity contribution < 1.29 is 14.6 Å². The van der Waals surface area contributed by atoms with Crippen molar-refractivity contribution in [2.24, 2.45) is 0 Å². The van der Waals surface area contributed by atoms with Gasteiger partial charge in [-0.25, -0.2) is 4.68 Å². The molecule has 0 aliphatic carbocycles. The Labute approximate surface area is 123 Å². The first-order valence-corrected chi connectivity index (χ1v) is 7.18. The Morgan fingerprint density at radius 3 is 2.95 bits per heavy atom. The van der Waals surface area contributed by atoms with Gasteiger partial charge >= 0.3 is 0 Å². The van der Waals surface area contributed by atoms with Gasteiger partial charge in [0.25, 0.3) is 11.5 Å². The van der Waals surface area contributed by atoms with E-state index in [1.165, 1.54) is 16.8 Å². The van der Waals surface area contributed by atoms with Gasteiger partial charge in [0, 0.05) is 19.2 Å². The smallest absolute Gasteiger partial charge is 0.274 e. The molecule has 1 saturated heterocycles. The second-order valence-corrected chi connectivity index (χ2v) is 5.22. The number of hydrogen-bond acceptors (Lipinski definition) is 5. The Morgan fingerprint density at radius 2 is 2.29 bits per heavy atom. The number of aliphatic hydroxyl groups excluding tert-OH is 1. The fraction of sp³-hybridized carbons (Fsp3) is 0.643. The van der Waals surface area contributed by atoms with E-state index in [0.29, 0.717) is 19.7 Å². The lowest BCUT2D eigenvalue weighted by Gasteiger charge is -2.37. The van der Waals surface area contributed by atoms with Crippen molar-refractivity contribution in [3.63, 3.8) is 0 Å². The molecule has 1 aliphatic rings. The first-order valence-electron chi connectivity index (χ1n) is 7.18. The maximum absolute atomic E-state index is 12.6. The van der Waals surface area contributed by atoms with Crippen LogP contribution in [0.25, 0.3) is 0 Å². The van der Waals surface area contributed by atoms with Crippen molar-refractivity contribution in [1.29, 1.82) is 0 Å². The van der Waals surface area contributed by atoms with Crippen LogP contribution in [0.3, 0.4) is 0 Å². The number of hydrogen-bond donors (Lipinski definition) is 1. The summed E-state index contributed by atoms with van der Waals surface area (Å²) in [7, 11) is 0. The molecule has 7 nitrogen and oxygen atoms in total. The molecule has 2 rings (SSSR count). The molecule has 0 saturated carbocycles. The van der Waals surface area contributed by atoms with Gasteiger partial charge in [-0.3, -0.25) is 9.59 Å². The zero-order chi connectivity index (χ0) is 15.4. The van der Waals surface area contributed by atoms with E-state index < -0.39 is 0 Å². The quantitative estimate of drug-likeness (QED) is 0.837. The summed E-state index contributed by atoms with van der Waals surface area (Å²) in [5.41, 5.74) is 0.0325. The van der Waals surface area contributed by atoms with Gasteiger partial charge < -0.3 is 14.7 Å². The Hall–Kier alpha value is -1.73. The molecule has 1 aliphatic heterocycles. The van der Waals surface area contributed by atoms with Gasteiger partial charge in [-0.05, 0) is 19.4 Å². The van der Waals surface area contributed by atoms with Crippen LogP contribution in [0.1, 0.15) is 30.8 Å². The molecular weight excluding hydrogens is 274 g/mol. The topological polar surface area (TPSA) is 84.7 Å². The van der Waals surface area contributed by atoms with Crippen molar-refractivity contribution in [3.8, 4) is 0 Å². The zero-order valence-electron chi connectivity index (χ0n) is 12.4. The minimum atomic E-state index is -0.369. The van der Waals surface area contributed by atoms with E-state index in [0.717, 1.165) is 6.42 Å². The number of carbonyl (C=O) groups is 1. The number of morpholine rings is 1. The Kier molecular flexibility index (Phi) is 5.08. The first-order chi connectivity index (χ1) is 10.1. The average molecular weight is 295 g/mol. The zero-order valence-corrected chi connectivity index (χ0v) is 12.4. The molecule has 2 heterocycles. The molecule has 1 amide bonds. The molecule has 1 aromatic rings.